The highest BCUT2D eigenvalue weighted by atomic mass is 32.2. The third-order valence-electron chi connectivity index (χ3n) is 8.38. The van der Waals surface area contributed by atoms with E-state index in [1.807, 2.05) is 23.4 Å². The van der Waals surface area contributed by atoms with Crippen LogP contribution in [0.1, 0.15) is 122 Å². The molecule has 3 rings (SSSR count). The second kappa shape index (κ2) is 20.8. The predicted molar refractivity (Wildman–Crippen MR) is 175 cm³/mol. The van der Waals surface area contributed by atoms with E-state index in [-0.39, 0.29) is 11.0 Å². The summed E-state index contributed by atoms with van der Waals surface area (Å²) < 4.78 is 42.8. The number of ether oxygens (including phenoxy) is 2. The van der Waals surface area contributed by atoms with Crippen molar-refractivity contribution in [2.75, 3.05) is 26.4 Å². The highest BCUT2D eigenvalue weighted by Crippen LogP contribution is 2.30. The number of nitrogens with zero attached hydrogens (tertiary/aromatic N) is 1. The zero-order chi connectivity index (χ0) is 29.9. The summed E-state index contributed by atoms with van der Waals surface area (Å²) in [5, 5.41) is 1.89. The van der Waals surface area contributed by atoms with Gasteiger partial charge < -0.3 is 14.4 Å². The van der Waals surface area contributed by atoms with Gasteiger partial charge in [0, 0.05) is 26.0 Å². The van der Waals surface area contributed by atoms with Crippen LogP contribution in [0.2, 0.25) is 0 Å². The Labute approximate surface area is 261 Å². The van der Waals surface area contributed by atoms with Crippen LogP contribution in [-0.2, 0) is 23.8 Å². The van der Waals surface area contributed by atoms with Crippen molar-refractivity contribution in [3.8, 4) is 0 Å². The minimum Gasteiger partial charge on any atom is -0.379 e. The Bertz CT molecular complexity index is 969. The number of rotatable bonds is 24. The summed E-state index contributed by atoms with van der Waals surface area (Å²) in [7, 11) is -3.80. The molecule has 0 bridgehead atoms. The van der Waals surface area contributed by atoms with Crippen LogP contribution in [0.4, 0.5) is 0 Å². The van der Waals surface area contributed by atoms with Gasteiger partial charge in [-0.1, -0.05) is 113 Å². The highest BCUT2D eigenvalue weighted by molar-refractivity contribution is 8.03. The van der Waals surface area contributed by atoms with Crippen LogP contribution in [0.5, 0.6) is 0 Å². The average molecular weight is 624 g/mol. The Morgan fingerprint density at radius 2 is 1.52 bits per heavy atom. The van der Waals surface area contributed by atoms with Crippen molar-refractivity contribution in [2.45, 2.75) is 140 Å². The van der Waals surface area contributed by atoms with E-state index < -0.39 is 15.7 Å². The minimum absolute atomic E-state index is 0.194. The van der Waals surface area contributed by atoms with Gasteiger partial charge in [-0.05, 0) is 62.5 Å². The molecule has 240 valence electrons. The molecule has 3 unspecified atom stereocenters. The first kappa shape index (κ1) is 35.4. The molecule has 2 aliphatic heterocycles. The molecule has 0 amide bonds. The molecule has 1 saturated heterocycles. The van der Waals surface area contributed by atoms with Gasteiger partial charge in [-0.25, -0.2) is 4.18 Å². The van der Waals surface area contributed by atoms with Crippen molar-refractivity contribution < 1.29 is 22.1 Å². The van der Waals surface area contributed by atoms with Crippen molar-refractivity contribution in [2.24, 2.45) is 5.92 Å². The molecule has 2 aliphatic rings. The fourth-order valence-electron chi connectivity index (χ4n) is 5.72. The maximum absolute atomic E-state index is 12.7. The maximum atomic E-state index is 12.7. The van der Waals surface area contributed by atoms with E-state index in [2.05, 4.69) is 6.92 Å². The van der Waals surface area contributed by atoms with Crippen LogP contribution >= 0.6 is 11.8 Å². The molecule has 0 N–H and O–H groups in total. The van der Waals surface area contributed by atoms with Gasteiger partial charge in [-0.3, -0.25) is 0 Å². The Kier molecular flexibility index (Phi) is 17.6. The molecule has 0 saturated carbocycles. The standard InChI is InChI=1S/C34H57NO5S2/c1-3-4-5-6-7-8-9-10-11-12-13-15-18-31-27-32(39-28-31)29-38-25-17-14-16-23-35-24-26-41-34(35)40-42(36,37)33-21-19-30(2)20-22-33/h19-22,24,26,31-32,34H,3-18,23,25,27-29H2,1-2H3. The van der Waals surface area contributed by atoms with Crippen LogP contribution in [0.25, 0.3) is 0 Å². The van der Waals surface area contributed by atoms with Gasteiger partial charge in [0.25, 0.3) is 10.1 Å². The van der Waals surface area contributed by atoms with Crippen molar-refractivity contribution >= 4 is 21.9 Å². The maximum Gasteiger partial charge on any atom is 0.299 e. The Morgan fingerprint density at radius 3 is 2.21 bits per heavy atom. The summed E-state index contributed by atoms with van der Waals surface area (Å²) in [5.41, 5.74) is 0.469. The lowest BCUT2D eigenvalue weighted by Crippen LogP contribution is -2.30. The first-order valence-corrected chi connectivity index (χ1v) is 19.1. The second-order valence-electron chi connectivity index (χ2n) is 12.2. The molecule has 0 spiro atoms. The Balaban J connectivity index is 1.13. The number of hydrogen-bond acceptors (Lipinski definition) is 7. The molecule has 3 atom stereocenters. The van der Waals surface area contributed by atoms with Crippen LogP contribution < -0.4 is 0 Å². The third-order valence-corrected chi connectivity index (χ3v) is 10.7. The normalized spacial score (nSPS) is 20.6. The second-order valence-corrected chi connectivity index (χ2v) is 14.7. The fourth-order valence-corrected chi connectivity index (χ4v) is 7.81. The van der Waals surface area contributed by atoms with Gasteiger partial charge in [0.05, 0.1) is 17.6 Å². The quantitative estimate of drug-likeness (QED) is 0.0840. The Hall–Kier alpha value is -1.06. The van der Waals surface area contributed by atoms with Gasteiger partial charge in [0.15, 0.2) is 0 Å². The summed E-state index contributed by atoms with van der Waals surface area (Å²) in [6, 6.07) is 6.76. The number of unbranched alkanes of at least 4 members (excludes halogenated alkanes) is 13. The monoisotopic (exact) mass is 623 g/mol. The molecule has 0 radical (unpaired) electrons. The van der Waals surface area contributed by atoms with E-state index in [9.17, 15) is 8.42 Å². The van der Waals surface area contributed by atoms with Crippen molar-refractivity contribution in [3.63, 3.8) is 0 Å². The van der Waals surface area contributed by atoms with E-state index in [0.717, 1.165) is 51.0 Å². The van der Waals surface area contributed by atoms with Crippen molar-refractivity contribution in [3.05, 3.63) is 41.4 Å². The Morgan fingerprint density at radius 1 is 0.881 bits per heavy atom. The molecule has 8 heteroatoms. The fraction of sp³-hybridized carbons (Fsp3) is 0.765. The summed E-state index contributed by atoms with van der Waals surface area (Å²) in [6.45, 7) is 7.32. The lowest BCUT2D eigenvalue weighted by molar-refractivity contribution is 0.0152. The largest absolute Gasteiger partial charge is 0.379 e. The number of benzene rings is 1. The summed E-state index contributed by atoms with van der Waals surface area (Å²) >= 11 is 1.38. The van der Waals surface area contributed by atoms with Crippen molar-refractivity contribution in [1.29, 1.82) is 0 Å². The van der Waals surface area contributed by atoms with Crippen LogP contribution in [0, 0.1) is 12.8 Å². The topological polar surface area (TPSA) is 65.1 Å². The zero-order valence-electron chi connectivity index (χ0n) is 26.4. The number of thioether (sulfide) groups is 1. The molecule has 42 heavy (non-hydrogen) atoms. The first-order valence-electron chi connectivity index (χ1n) is 16.7. The van der Waals surface area contributed by atoms with Crippen LogP contribution in [-0.4, -0.2) is 51.3 Å². The van der Waals surface area contributed by atoms with Crippen LogP contribution in [0.15, 0.2) is 40.8 Å². The van der Waals surface area contributed by atoms with Gasteiger partial charge in [0.1, 0.15) is 0 Å². The van der Waals surface area contributed by atoms with Crippen molar-refractivity contribution in [1.82, 2.24) is 4.90 Å². The van der Waals surface area contributed by atoms with Gasteiger partial charge in [-0.2, -0.15) is 8.42 Å². The minimum atomic E-state index is -3.80. The molecular weight excluding hydrogens is 567 g/mol. The van der Waals surface area contributed by atoms with E-state index in [4.69, 9.17) is 13.7 Å². The molecule has 1 aromatic rings. The lowest BCUT2D eigenvalue weighted by Gasteiger charge is -2.24. The van der Waals surface area contributed by atoms with Gasteiger partial charge >= 0.3 is 0 Å². The van der Waals surface area contributed by atoms with E-state index in [1.165, 1.54) is 95.2 Å². The van der Waals surface area contributed by atoms with Crippen LogP contribution in [0.3, 0.4) is 0 Å². The average Bonchev–Trinajstić information content (AvgIpc) is 3.62. The smallest absolute Gasteiger partial charge is 0.299 e. The van der Waals surface area contributed by atoms with E-state index in [1.54, 1.807) is 24.3 Å². The summed E-state index contributed by atoms with van der Waals surface area (Å²) in [6.07, 6.45) is 24.4. The van der Waals surface area contributed by atoms with E-state index in [0.29, 0.717) is 12.5 Å². The summed E-state index contributed by atoms with van der Waals surface area (Å²) in [5.74, 6) is 0.707. The summed E-state index contributed by atoms with van der Waals surface area (Å²) in [4.78, 5) is 2.15. The SMILES string of the molecule is CCCCCCCCCCCCCCC1COC(COCCCCCN2C=CSC2OS(=O)(=O)c2ccc(C)cc2)C1. The van der Waals surface area contributed by atoms with E-state index >= 15 is 0 Å². The molecular formula is C34H57NO5S2. The zero-order valence-corrected chi connectivity index (χ0v) is 28.0. The van der Waals surface area contributed by atoms with Gasteiger partial charge in [-0.15, -0.1) is 0 Å². The molecule has 0 aliphatic carbocycles. The highest BCUT2D eigenvalue weighted by Gasteiger charge is 2.28. The molecule has 2 heterocycles. The molecule has 6 nitrogen and oxygen atoms in total. The lowest BCUT2D eigenvalue weighted by atomic mass is 9.97. The molecule has 1 aromatic carbocycles. The number of aryl methyl sites for hydroxylation is 1. The third kappa shape index (κ3) is 14.1. The molecule has 1 fully saturated rings. The predicted octanol–water partition coefficient (Wildman–Crippen LogP) is 9.19. The van der Waals surface area contributed by atoms with Gasteiger partial charge in [0.2, 0.25) is 5.56 Å². The first-order chi connectivity index (χ1) is 20.5. The number of hydrogen-bond donors (Lipinski definition) is 0. The molecule has 0 aromatic heterocycles.